The first-order valence-electron chi connectivity index (χ1n) is 8.49. The van der Waals surface area contributed by atoms with Crippen molar-refractivity contribution in [3.8, 4) is 11.5 Å². The van der Waals surface area contributed by atoms with Crippen molar-refractivity contribution in [3.05, 3.63) is 23.8 Å². The van der Waals surface area contributed by atoms with Crippen molar-refractivity contribution in [2.75, 3.05) is 13.2 Å². The number of fused-ring (bicyclic) bond motifs is 1. The van der Waals surface area contributed by atoms with Crippen LogP contribution in [0.4, 0.5) is 0 Å². The van der Waals surface area contributed by atoms with Gasteiger partial charge in [-0.05, 0) is 43.4 Å². The van der Waals surface area contributed by atoms with Crippen molar-refractivity contribution in [2.24, 2.45) is 5.92 Å². The number of hydrogen-bond acceptors (Lipinski definition) is 3. The molecule has 0 unspecified atom stereocenters. The third-order valence-electron chi connectivity index (χ3n) is 5.18. The fraction of sp³-hybridized carbons (Fsp3) is 0.611. The zero-order chi connectivity index (χ0) is 15.0. The zero-order valence-corrected chi connectivity index (χ0v) is 12.9. The molecule has 1 amide bonds. The molecule has 0 aromatic heterocycles. The fourth-order valence-electron chi connectivity index (χ4n) is 3.65. The smallest absolute Gasteiger partial charge is 0.223 e. The second-order valence-corrected chi connectivity index (χ2v) is 6.76. The summed E-state index contributed by atoms with van der Waals surface area (Å²) in [4.78, 5) is 12.5. The zero-order valence-electron chi connectivity index (χ0n) is 12.9. The molecule has 1 aromatic rings. The normalized spacial score (nSPS) is 22.9. The Morgan fingerprint density at radius 2 is 1.77 bits per heavy atom. The van der Waals surface area contributed by atoms with Crippen molar-refractivity contribution in [2.45, 2.75) is 50.5 Å². The van der Waals surface area contributed by atoms with Gasteiger partial charge in [0.1, 0.15) is 13.2 Å². The van der Waals surface area contributed by atoms with Gasteiger partial charge < -0.3 is 14.8 Å². The maximum absolute atomic E-state index is 12.5. The Bertz CT molecular complexity index is 574. The Hall–Kier alpha value is -1.71. The molecule has 1 aromatic carbocycles. The van der Waals surface area contributed by atoms with E-state index in [1.807, 2.05) is 12.1 Å². The van der Waals surface area contributed by atoms with E-state index in [0.717, 1.165) is 42.7 Å². The van der Waals surface area contributed by atoms with Gasteiger partial charge in [0.25, 0.3) is 0 Å². The van der Waals surface area contributed by atoms with E-state index in [-0.39, 0.29) is 17.4 Å². The highest BCUT2D eigenvalue weighted by molar-refractivity contribution is 5.80. The summed E-state index contributed by atoms with van der Waals surface area (Å²) in [5, 5.41) is 3.32. The summed E-state index contributed by atoms with van der Waals surface area (Å²) in [5.74, 6) is 2.07. The van der Waals surface area contributed by atoms with Crippen LogP contribution in [0.3, 0.4) is 0 Å². The Morgan fingerprint density at radius 3 is 2.50 bits per heavy atom. The van der Waals surface area contributed by atoms with E-state index >= 15 is 0 Å². The Morgan fingerprint density at radius 1 is 1.05 bits per heavy atom. The molecule has 2 saturated carbocycles. The highest BCUT2D eigenvalue weighted by atomic mass is 16.6. The van der Waals surface area contributed by atoms with Crippen molar-refractivity contribution >= 4 is 5.91 Å². The molecule has 1 heterocycles. The number of carbonyl (C=O) groups excluding carboxylic acids is 1. The third kappa shape index (κ3) is 2.55. The molecular formula is C18H23NO3. The summed E-state index contributed by atoms with van der Waals surface area (Å²) in [5.41, 5.74) is 0.991. The molecule has 118 valence electrons. The topological polar surface area (TPSA) is 47.6 Å². The molecule has 0 spiro atoms. The average molecular weight is 301 g/mol. The highest BCUT2D eigenvalue weighted by Gasteiger charge is 2.47. The van der Waals surface area contributed by atoms with Crippen molar-refractivity contribution in [1.82, 2.24) is 5.32 Å². The molecule has 2 fully saturated rings. The predicted octanol–water partition coefficient (Wildman–Crippen LogP) is 3.14. The molecule has 0 bridgehead atoms. The molecule has 1 N–H and O–H groups in total. The maximum atomic E-state index is 12.5. The first-order valence-corrected chi connectivity index (χ1v) is 8.49. The Kier molecular flexibility index (Phi) is 3.47. The third-order valence-corrected chi connectivity index (χ3v) is 5.18. The number of benzene rings is 1. The van der Waals surface area contributed by atoms with E-state index in [9.17, 15) is 4.79 Å². The molecule has 3 aliphatic rings. The Balaban J connectivity index is 1.50. The minimum absolute atomic E-state index is 0.162. The van der Waals surface area contributed by atoms with Crippen molar-refractivity contribution in [3.63, 3.8) is 0 Å². The van der Waals surface area contributed by atoms with Crippen LogP contribution in [0.1, 0.15) is 50.5 Å². The van der Waals surface area contributed by atoms with Gasteiger partial charge in [-0.15, -0.1) is 0 Å². The molecule has 1 aliphatic heterocycles. The van der Waals surface area contributed by atoms with Crippen LogP contribution >= 0.6 is 0 Å². The number of carbonyl (C=O) groups is 1. The molecule has 4 heteroatoms. The van der Waals surface area contributed by atoms with Crippen LogP contribution in [0.5, 0.6) is 11.5 Å². The van der Waals surface area contributed by atoms with Gasteiger partial charge in [-0.2, -0.15) is 0 Å². The molecule has 2 aliphatic carbocycles. The fourth-order valence-corrected chi connectivity index (χ4v) is 3.65. The van der Waals surface area contributed by atoms with Gasteiger partial charge in [0.2, 0.25) is 5.91 Å². The summed E-state index contributed by atoms with van der Waals surface area (Å²) >= 11 is 0. The van der Waals surface area contributed by atoms with E-state index in [1.54, 1.807) is 0 Å². The van der Waals surface area contributed by atoms with Crippen LogP contribution in [-0.4, -0.2) is 19.1 Å². The van der Waals surface area contributed by atoms with Crippen LogP contribution in [0, 0.1) is 5.92 Å². The number of ether oxygens (including phenoxy) is 2. The molecule has 4 rings (SSSR count). The summed E-state index contributed by atoms with van der Waals surface area (Å²) in [7, 11) is 0. The number of nitrogens with one attached hydrogen (secondary N) is 1. The second-order valence-electron chi connectivity index (χ2n) is 6.76. The largest absolute Gasteiger partial charge is 0.486 e. The summed E-state index contributed by atoms with van der Waals surface area (Å²) in [6.07, 6.45) is 7.78. The van der Waals surface area contributed by atoms with E-state index in [2.05, 4.69) is 11.4 Å². The van der Waals surface area contributed by atoms with E-state index in [4.69, 9.17) is 9.47 Å². The van der Waals surface area contributed by atoms with Gasteiger partial charge in [-0.25, -0.2) is 0 Å². The van der Waals surface area contributed by atoms with Crippen LogP contribution in [0.15, 0.2) is 18.2 Å². The lowest BCUT2D eigenvalue weighted by molar-refractivity contribution is -0.127. The van der Waals surface area contributed by atoms with Crippen LogP contribution < -0.4 is 14.8 Å². The Labute approximate surface area is 131 Å². The summed E-state index contributed by atoms with van der Waals surface area (Å²) < 4.78 is 11.2. The van der Waals surface area contributed by atoms with Crippen molar-refractivity contribution in [1.29, 1.82) is 0 Å². The van der Waals surface area contributed by atoms with Gasteiger partial charge in [0, 0.05) is 5.92 Å². The molecular weight excluding hydrogens is 278 g/mol. The SMILES string of the molecule is O=C(NC1(c2ccc3c(c2)OCCO3)CC1)C1CCCCC1. The lowest BCUT2D eigenvalue weighted by Gasteiger charge is -2.26. The first-order chi connectivity index (χ1) is 10.8. The molecule has 22 heavy (non-hydrogen) atoms. The molecule has 0 atom stereocenters. The predicted molar refractivity (Wildman–Crippen MR) is 83.1 cm³/mol. The molecule has 0 saturated heterocycles. The van der Waals surface area contributed by atoms with Gasteiger partial charge in [-0.3, -0.25) is 4.79 Å². The monoisotopic (exact) mass is 301 g/mol. The van der Waals surface area contributed by atoms with Crippen LogP contribution in [0.25, 0.3) is 0 Å². The minimum atomic E-state index is -0.162. The lowest BCUT2D eigenvalue weighted by atomic mass is 9.88. The summed E-state index contributed by atoms with van der Waals surface area (Å²) in [6, 6.07) is 6.08. The van der Waals surface area contributed by atoms with E-state index in [0.29, 0.717) is 13.2 Å². The molecule has 4 nitrogen and oxygen atoms in total. The highest BCUT2D eigenvalue weighted by Crippen LogP contribution is 2.48. The van der Waals surface area contributed by atoms with Crippen molar-refractivity contribution < 1.29 is 14.3 Å². The average Bonchev–Trinajstić information content (AvgIpc) is 3.36. The van der Waals surface area contributed by atoms with Crippen LogP contribution in [-0.2, 0) is 10.3 Å². The minimum Gasteiger partial charge on any atom is -0.486 e. The van der Waals surface area contributed by atoms with E-state index in [1.165, 1.54) is 19.3 Å². The molecule has 0 radical (unpaired) electrons. The van der Waals surface area contributed by atoms with E-state index < -0.39 is 0 Å². The number of amides is 1. The maximum Gasteiger partial charge on any atom is 0.223 e. The van der Waals surface area contributed by atoms with Gasteiger partial charge in [-0.1, -0.05) is 25.3 Å². The summed E-state index contributed by atoms with van der Waals surface area (Å²) in [6.45, 7) is 1.20. The number of hydrogen-bond donors (Lipinski definition) is 1. The quantitative estimate of drug-likeness (QED) is 0.933. The lowest BCUT2D eigenvalue weighted by Crippen LogP contribution is -2.39. The van der Waals surface area contributed by atoms with Crippen LogP contribution in [0.2, 0.25) is 0 Å². The standard InChI is InChI=1S/C18H23NO3/c20-17(13-4-2-1-3-5-13)19-18(8-9-18)14-6-7-15-16(12-14)22-11-10-21-15/h6-7,12-13H,1-5,8-11H2,(H,19,20). The van der Waals surface area contributed by atoms with Gasteiger partial charge in [0.05, 0.1) is 5.54 Å². The second kappa shape index (κ2) is 5.49. The van der Waals surface area contributed by atoms with Gasteiger partial charge >= 0.3 is 0 Å². The van der Waals surface area contributed by atoms with Gasteiger partial charge in [0.15, 0.2) is 11.5 Å². The first kappa shape index (κ1) is 13.9. The number of rotatable bonds is 3.